The Morgan fingerprint density at radius 2 is 1.78 bits per heavy atom. The van der Waals surface area contributed by atoms with E-state index in [1.54, 1.807) is 18.2 Å². The van der Waals surface area contributed by atoms with Gasteiger partial charge in [0, 0.05) is 29.1 Å². The predicted molar refractivity (Wildman–Crippen MR) is 131 cm³/mol. The number of amides is 3. The van der Waals surface area contributed by atoms with Crippen LogP contribution in [0.3, 0.4) is 0 Å². The van der Waals surface area contributed by atoms with Gasteiger partial charge >= 0.3 is 17.9 Å². The van der Waals surface area contributed by atoms with Crippen molar-refractivity contribution < 1.29 is 22.8 Å². The van der Waals surface area contributed by atoms with Crippen LogP contribution >= 0.6 is 34.8 Å². The number of nitrogens with zero attached hydrogens (tertiary/aromatic N) is 3. The SMILES string of the molecule is NC(=O)NCC(NC(=O)Cn1nc(-c2ccc(Cl)cc2)n(C#CC(F)(F)F)c1=O)c1cccc(Cl)c1Cl. The van der Waals surface area contributed by atoms with Gasteiger partial charge in [-0.15, -0.1) is 5.10 Å². The van der Waals surface area contributed by atoms with Crippen molar-refractivity contribution in [2.75, 3.05) is 6.54 Å². The monoisotopic (exact) mass is 574 g/mol. The zero-order valence-corrected chi connectivity index (χ0v) is 20.7. The summed E-state index contributed by atoms with van der Waals surface area (Å²) < 4.78 is 39.3. The Balaban J connectivity index is 1.95. The Morgan fingerprint density at radius 1 is 1.11 bits per heavy atom. The Labute approximate surface area is 222 Å². The number of benzene rings is 2. The Kier molecular flexibility index (Phi) is 8.75. The third kappa shape index (κ3) is 7.42. The summed E-state index contributed by atoms with van der Waals surface area (Å²) in [6.45, 7) is -0.886. The highest BCUT2D eigenvalue weighted by atomic mass is 35.5. The molecule has 0 bridgehead atoms. The molecule has 0 fully saturated rings. The smallest absolute Gasteiger partial charge is 0.352 e. The second kappa shape index (κ2) is 11.6. The van der Waals surface area contributed by atoms with Crippen LogP contribution in [0.1, 0.15) is 11.6 Å². The minimum Gasteiger partial charge on any atom is -0.352 e. The van der Waals surface area contributed by atoms with E-state index in [0.29, 0.717) is 19.8 Å². The number of primary amides is 1. The van der Waals surface area contributed by atoms with Gasteiger partial charge in [0.05, 0.1) is 16.1 Å². The highest BCUT2D eigenvalue weighted by molar-refractivity contribution is 6.42. The van der Waals surface area contributed by atoms with Crippen LogP contribution in [0.15, 0.2) is 47.3 Å². The van der Waals surface area contributed by atoms with Gasteiger partial charge in [-0.2, -0.15) is 17.7 Å². The number of alkyl halides is 3. The molecule has 37 heavy (non-hydrogen) atoms. The zero-order chi connectivity index (χ0) is 27.3. The highest BCUT2D eigenvalue weighted by Crippen LogP contribution is 2.30. The number of nitrogens with one attached hydrogen (secondary N) is 2. The molecule has 0 aliphatic rings. The summed E-state index contributed by atoms with van der Waals surface area (Å²) in [6, 6.07) is 10.3. The normalized spacial score (nSPS) is 11.8. The second-order valence-corrected chi connectivity index (χ2v) is 8.57. The third-order valence-corrected chi connectivity index (χ3v) is 5.80. The number of hydrogen-bond acceptors (Lipinski definition) is 4. The maximum Gasteiger partial charge on any atom is 0.459 e. The van der Waals surface area contributed by atoms with E-state index in [9.17, 15) is 27.6 Å². The van der Waals surface area contributed by atoms with Crippen LogP contribution in [0.2, 0.25) is 15.1 Å². The maximum atomic E-state index is 12.8. The fourth-order valence-corrected chi connectivity index (χ4v) is 3.69. The Hall–Kier alpha value is -3.66. The van der Waals surface area contributed by atoms with E-state index in [4.69, 9.17) is 40.5 Å². The lowest BCUT2D eigenvalue weighted by Gasteiger charge is -2.21. The number of halogens is 6. The van der Waals surface area contributed by atoms with Crippen molar-refractivity contribution in [3.8, 4) is 23.4 Å². The molecule has 3 aromatic rings. The van der Waals surface area contributed by atoms with Gasteiger partial charge in [0.1, 0.15) is 6.54 Å². The second-order valence-electron chi connectivity index (χ2n) is 7.35. The van der Waals surface area contributed by atoms with Crippen molar-refractivity contribution >= 4 is 46.7 Å². The summed E-state index contributed by atoms with van der Waals surface area (Å²) in [5, 5.41) is 9.53. The number of hydrogen-bond donors (Lipinski definition) is 3. The largest absolute Gasteiger partial charge is 0.459 e. The lowest BCUT2D eigenvalue weighted by Crippen LogP contribution is -2.42. The molecule has 2 aromatic carbocycles. The minimum atomic E-state index is -4.88. The molecule has 15 heteroatoms. The van der Waals surface area contributed by atoms with E-state index >= 15 is 0 Å². The summed E-state index contributed by atoms with van der Waals surface area (Å²) in [6.07, 6.45) is -4.88. The number of nitrogens with two attached hydrogens (primary N) is 1. The molecule has 0 saturated heterocycles. The summed E-state index contributed by atoms with van der Waals surface area (Å²) in [7, 11) is 0. The van der Waals surface area contributed by atoms with Crippen molar-refractivity contribution in [3.63, 3.8) is 0 Å². The van der Waals surface area contributed by atoms with E-state index in [0.717, 1.165) is 5.92 Å². The highest BCUT2D eigenvalue weighted by Gasteiger charge is 2.25. The van der Waals surface area contributed by atoms with E-state index < -0.39 is 36.4 Å². The molecule has 0 spiro atoms. The summed E-state index contributed by atoms with van der Waals surface area (Å²) >= 11 is 18.1. The van der Waals surface area contributed by atoms with Crippen molar-refractivity contribution in [1.82, 2.24) is 25.0 Å². The molecule has 9 nitrogen and oxygen atoms in total. The molecule has 194 valence electrons. The molecule has 0 saturated carbocycles. The third-order valence-electron chi connectivity index (χ3n) is 4.72. The quantitative estimate of drug-likeness (QED) is 0.373. The molecule has 4 N–H and O–H groups in total. The lowest BCUT2D eigenvalue weighted by atomic mass is 10.1. The summed E-state index contributed by atoms with van der Waals surface area (Å²) in [5.41, 5.74) is 4.60. The van der Waals surface area contributed by atoms with Gasteiger partial charge in [0.2, 0.25) is 5.91 Å². The molecule has 3 rings (SSSR count). The minimum absolute atomic E-state index is 0.106. The fraction of sp³-hybridized carbons (Fsp3) is 0.182. The molecule has 1 aromatic heterocycles. The molecule has 0 radical (unpaired) electrons. The van der Waals surface area contributed by atoms with Crippen LogP contribution < -0.4 is 22.1 Å². The van der Waals surface area contributed by atoms with Crippen LogP contribution in [0.4, 0.5) is 18.0 Å². The predicted octanol–water partition coefficient (Wildman–Crippen LogP) is 3.57. The lowest BCUT2D eigenvalue weighted by molar-refractivity contribution is -0.122. The van der Waals surface area contributed by atoms with Crippen molar-refractivity contribution in [2.24, 2.45) is 5.73 Å². The van der Waals surface area contributed by atoms with Crippen LogP contribution in [-0.4, -0.2) is 39.0 Å². The molecular weight excluding hydrogens is 560 g/mol. The summed E-state index contributed by atoms with van der Waals surface area (Å²) in [5.74, 6) is -0.0128. The van der Waals surface area contributed by atoms with Gasteiger partial charge in [0.15, 0.2) is 5.82 Å². The summed E-state index contributed by atoms with van der Waals surface area (Å²) in [4.78, 5) is 36.9. The Bertz CT molecular complexity index is 1440. The van der Waals surface area contributed by atoms with Crippen molar-refractivity contribution in [3.05, 3.63) is 73.6 Å². The number of carbonyl (C=O) groups excluding carboxylic acids is 2. The van der Waals surface area contributed by atoms with Gasteiger partial charge in [-0.05, 0) is 35.9 Å². The topological polar surface area (TPSA) is 124 Å². The maximum absolute atomic E-state index is 12.8. The van der Waals surface area contributed by atoms with Crippen molar-refractivity contribution in [1.29, 1.82) is 0 Å². The number of aromatic nitrogens is 3. The molecule has 3 amide bonds. The first kappa shape index (κ1) is 27.9. The molecular formula is C22H16Cl3F3N6O3. The number of rotatable bonds is 7. The number of carbonyl (C=O) groups is 2. The molecule has 1 unspecified atom stereocenters. The van der Waals surface area contributed by atoms with Crippen LogP contribution in [0.5, 0.6) is 0 Å². The van der Waals surface area contributed by atoms with Crippen LogP contribution in [0, 0.1) is 12.0 Å². The van der Waals surface area contributed by atoms with E-state index in [1.165, 1.54) is 30.3 Å². The first-order valence-electron chi connectivity index (χ1n) is 10.2. The van der Waals surface area contributed by atoms with Crippen molar-refractivity contribution in [2.45, 2.75) is 18.8 Å². The van der Waals surface area contributed by atoms with Gasteiger partial charge in [-0.25, -0.2) is 14.3 Å². The van der Waals surface area contributed by atoms with Gasteiger partial charge in [-0.3, -0.25) is 4.79 Å². The fourth-order valence-electron chi connectivity index (χ4n) is 3.12. The Morgan fingerprint density at radius 3 is 2.41 bits per heavy atom. The van der Waals surface area contributed by atoms with E-state index in [2.05, 4.69) is 15.7 Å². The molecule has 0 aliphatic heterocycles. The van der Waals surface area contributed by atoms with Gasteiger partial charge < -0.3 is 16.4 Å². The van der Waals surface area contributed by atoms with E-state index in [-0.39, 0.29) is 28.0 Å². The van der Waals surface area contributed by atoms with Crippen LogP contribution in [-0.2, 0) is 11.3 Å². The number of urea groups is 1. The first-order valence-corrected chi connectivity index (χ1v) is 11.3. The first-order chi connectivity index (χ1) is 17.4. The molecule has 1 heterocycles. The average Bonchev–Trinajstić information content (AvgIpc) is 3.12. The zero-order valence-electron chi connectivity index (χ0n) is 18.4. The van der Waals surface area contributed by atoms with Gasteiger partial charge in [0.25, 0.3) is 0 Å². The average molecular weight is 576 g/mol. The van der Waals surface area contributed by atoms with Crippen LogP contribution in [0.25, 0.3) is 11.4 Å². The molecule has 0 aliphatic carbocycles. The molecule has 1 atom stereocenters. The van der Waals surface area contributed by atoms with Gasteiger partial charge in [-0.1, -0.05) is 46.9 Å². The van der Waals surface area contributed by atoms with E-state index in [1.807, 2.05) is 0 Å². The standard InChI is InChI=1S/C22H16Cl3F3N6O3/c23-13-6-4-12(5-7-13)19-32-34(21(37)33(19)9-8-22(26,27)28)11-17(35)31-16(10-30-20(29)36)14-2-1-3-15(24)18(14)25/h1-7,16H,10-11H2,(H,31,35)(H3,29,30,36).